The first-order valence-corrected chi connectivity index (χ1v) is 9.57. The summed E-state index contributed by atoms with van der Waals surface area (Å²) in [5.74, 6) is -0.433. The maximum Gasteiger partial charge on any atom is 0.494 e. The van der Waals surface area contributed by atoms with Crippen LogP contribution in [-0.2, 0) is 26.7 Å². The number of anilines is 1. The van der Waals surface area contributed by atoms with Crippen LogP contribution in [0.5, 0.6) is 0 Å². The number of benzene rings is 1. The Morgan fingerprint density at radius 3 is 2.20 bits per heavy atom. The Labute approximate surface area is 174 Å². The number of pyridine rings is 1. The van der Waals surface area contributed by atoms with Crippen molar-refractivity contribution in [1.82, 2.24) is 4.98 Å². The van der Waals surface area contributed by atoms with Gasteiger partial charge in [-0.25, -0.2) is 0 Å². The van der Waals surface area contributed by atoms with Crippen LogP contribution in [0.25, 0.3) is 0 Å². The topological polar surface area (TPSA) is 60.5 Å². The van der Waals surface area contributed by atoms with Crippen molar-refractivity contribution in [2.45, 2.75) is 58.4 Å². The molecule has 0 radical (unpaired) electrons. The molecule has 1 aliphatic rings. The quantitative estimate of drug-likeness (QED) is 0.763. The van der Waals surface area contributed by atoms with E-state index in [0.29, 0.717) is 5.56 Å². The maximum absolute atomic E-state index is 13.0. The highest BCUT2D eigenvalue weighted by Crippen LogP contribution is 2.36. The molecule has 1 aromatic carbocycles. The summed E-state index contributed by atoms with van der Waals surface area (Å²) in [6.45, 7) is 9.15. The molecular weight excluding hydrogens is 396 g/mol. The number of nitrogens with zero attached hydrogens (tertiary/aromatic N) is 1. The van der Waals surface area contributed by atoms with Crippen LogP contribution in [0.15, 0.2) is 36.5 Å². The zero-order chi connectivity index (χ0) is 22.3. The number of alkyl halides is 3. The zero-order valence-corrected chi connectivity index (χ0v) is 17.6. The summed E-state index contributed by atoms with van der Waals surface area (Å²) >= 11 is 0. The van der Waals surface area contributed by atoms with E-state index in [0.717, 1.165) is 11.5 Å². The third kappa shape index (κ3) is 4.68. The smallest absolute Gasteiger partial charge is 0.399 e. The van der Waals surface area contributed by atoms with Crippen molar-refractivity contribution in [3.8, 4) is 0 Å². The van der Waals surface area contributed by atoms with E-state index in [-0.39, 0.29) is 17.8 Å². The van der Waals surface area contributed by atoms with Gasteiger partial charge in [0.05, 0.1) is 35.1 Å². The lowest BCUT2D eigenvalue weighted by Crippen LogP contribution is -2.41. The molecule has 2 aromatic rings. The van der Waals surface area contributed by atoms with E-state index in [1.54, 1.807) is 12.1 Å². The zero-order valence-electron chi connectivity index (χ0n) is 17.6. The fourth-order valence-corrected chi connectivity index (χ4v) is 3.05. The molecule has 0 unspecified atom stereocenters. The van der Waals surface area contributed by atoms with Gasteiger partial charge in [-0.05, 0) is 51.7 Å². The largest absolute Gasteiger partial charge is 0.494 e. The summed E-state index contributed by atoms with van der Waals surface area (Å²) in [6.07, 6.45) is -3.30. The standard InChI is InChI=1S/C21H24BF3N2O3/c1-13-17(21(23,24)25)11-16(12-26-13)27-18(28)10-14-6-8-15(9-7-14)22-29-19(2,3)20(4,5)30-22/h6-9,11-12H,10H2,1-5H3,(H,27,28). The molecule has 1 aromatic heterocycles. The normalized spacial score (nSPS) is 17.8. The van der Waals surface area contributed by atoms with Crippen LogP contribution >= 0.6 is 0 Å². The summed E-state index contributed by atoms with van der Waals surface area (Å²) in [5, 5.41) is 2.47. The second-order valence-electron chi connectivity index (χ2n) is 8.41. The molecule has 0 saturated carbocycles. The van der Waals surface area contributed by atoms with Crippen molar-refractivity contribution in [3.63, 3.8) is 0 Å². The van der Waals surface area contributed by atoms with Crippen molar-refractivity contribution in [3.05, 3.63) is 53.3 Å². The van der Waals surface area contributed by atoms with Gasteiger partial charge in [-0.2, -0.15) is 13.2 Å². The Morgan fingerprint density at radius 2 is 1.67 bits per heavy atom. The Morgan fingerprint density at radius 1 is 1.10 bits per heavy atom. The van der Waals surface area contributed by atoms with E-state index in [4.69, 9.17) is 9.31 Å². The van der Waals surface area contributed by atoms with Gasteiger partial charge in [0.15, 0.2) is 0 Å². The summed E-state index contributed by atoms with van der Waals surface area (Å²) in [4.78, 5) is 16.0. The molecule has 1 fully saturated rings. The maximum atomic E-state index is 13.0. The summed E-state index contributed by atoms with van der Waals surface area (Å²) in [5.41, 5.74) is -0.363. The predicted molar refractivity (Wildman–Crippen MR) is 108 cm³/mol. The van der Waals surface area contributed by atoms with E-state index >= 15 is 0 Å². The molecule has 1 amide bonds. The number of aryl methyl sites for hydroxylation is 1. The van der Waals surface area contributed by atoms with Crippen LogP contribution in [0.3, 0.4) is 0 Å². The second kappa shape index (κ2) is 7.70. The Bertz CT molecular complexity index is 928. The molecule has 1 N–H and O–H groups in total. The van der Waals surface area contributed by atoms with E-state index in [1.165, 1.54) is 13.1 Å². The fraction of sp³-hybridized carbons (Fsp3) is 0.429. The Balaban J connectivity index is 1.65. The minimum atomic E-state index is -4.53. The Kier molecular flexibility index (Phi) is 5.73. The lowest BCUT2D eigenvalue weighted by molar-refractivity contribution is -0.138. The number of hydrogen-bond donors (Lipinski definition) is 1. The molecule has 30 heavy (non-hydrogen) atoms. The van der Waals surface area contributed by atoms with Gasteiger partial charge in [-0.3, -0.25) is 9.78 Å². The minimum Gasteiger partial charge on any atom is -0.399 e. The third-order valence-corrected chi connectivity index (χ3v) is 5.55. The van der Waals surface area contributed by atoms with Crippen LogP contribution in [0.4, 0.5) is 18.9 Å². The molecule has 0 bridgehead atoms. The monoisotopic (exact) mass is 420 g/mol. The number of halogens is 3. The number of carbonyl (C=O) groups excluding carboxylic acids is 1. The number of hydrogen-bond acceptors (Lipinski definition) is 4. The summed E-state index contributed by atoms with van der Waals surface area (Å²) < 4.78 is 51.0. The highest BCUT2D eigenvalue weighted by molar-refractivity contribution is 6.62. The molecule has 3 rings (SSSR count). The lowest BCUT2D eigenvalue weighted by atomic mass is 9.79. The molecule has 1 saturated heterocycles. The number of nitrogens with one attached hydrogen (secondary N) is 1. The van der Waals surface area contributed by atoms with Gasteiger partial charge in [0.2, 0.25) is 5.91 Å². The van der Waals surface area contributed by atoms with Gasteiger partial charge in [-0.15, -0.1) is 0 Å². The van der Waals surface area contributed by atoms with E-state index in [9.17, 15) is 18.0 Å². The summed E-state index contributed by atoms with van der Waals surface area (Å²) in [7, 11) is -0.503. The van der Waals surface area contributed by atoms with Crippen LogP contribution in [-0.4, -0.2) is 29.2 Å². The number of amides is 1. The molecule has 2 heterocycles. The van der Waals surface area contributed by atoms with Gasteiger partial charge in [-0.1, -0.05) is 24.3 Å². The molecule has 0 atom stereocenters. The van der Waals surface area contributed by atoms with Crippen LogP contribution in [0.1, 0.15) is 44.5 Å². The molecule has 160 valence electrons. The van der Waals surface area contributed by atoms with Crippen molar-refractivity contribution >= 4 is 24.2 Å². The van der Waals surface area contributed by atoms with Gasteiger partial charge in [0, 0.05) is 5.69 Å². The number of aromatic nitrogens is 1. The van der Waals surface area contributed by atoms with E-state index < -0.39 is 36.0 Å². The first-order valence-electron chi connectivity index (χ1n) is 9.57. The molecule has 9 heteroatoms. The van der Waals surface area contributed by atoms with Crippen molar-refractivity contribution < 1.29 is 27.3 Å². The average Bonchev–Trinajstić information content (AvgIpc) is 2.84. The molecule has 0 spiro atoms. The lowest BCUT2D eigenvalue weighted by Gasteiger charge is -2.32. The van der Waals surface area contributed by atoms with Crippen molar-refractivity contribution in [2.24, 2.45) is 0 Å². The van der Waals surface area contributed by atoms with Crippen molar-refractivity contribution in [2.75, 3.05) is 5.32 Å². The fourth-order valence-electron chi connectivity index (χ4n) is 3.05. The summed E-state index contributed by atoms with van der Waals surface area (Å²) in [6, 6.07) is 8.07. The SMILES string of the molecule is Cc1ncc(NC(=O)Cc2ccc(B3OC(C)(C)C(C)(C)O3)cc2)cc1C(F)(F)F. The average molecular weight is 420 g/mol. The van der Waals surface area contributed by atoms with E-state index in [2.05, 4.69) is 10.3 Å². The van der Waals surface area contributed by atoms with Crippen molar-refractivity contribution in [1.29, 1.82) is 0 Å². The van der Waals surface area contributed by atoms with Gasteiger partial charge in [0.25, 0.3) is 0 Å². The first-order chi connectivity index (χ1) is 13.8. The van der Waals surface area contributed by atoms with Crippen LogP contribution < -0.4 is 10.8 Å². The first kappa shape index (κ1) is 22.3. The predicted octanol–water partition coefficient (Wildman–Crippen LogP) is 3.89. The molecule has 0 aliphatic carbocycles. The van der Waals surface area contributed by atoms with Gasteiger partial charge < -0.3 is 14.6 Å². The third-order valence-electron chi connectivity index (χ3n) is 5.55. The van der Waals surface area contributed by atoms with Gasteiger partial charge >= 0.3 is 13.3 Å². The molecule has 5 nitrogen and oxygen atoms in total. The highest BCUT2D eigenvalue weighted by atomic mass is 19.4. The number of rotatable bonds is 4. The van der Waals surface area contributed by atoms with Crippen LogP contribution in [0, 0.1) is 6.92 Å². The minimum absolute atomic E-state index is 0.00626. The highest BCUT2D eigenvalue weighted by Gasteiger charge is 2.51. The van der Waals surface area contributed by atoms with E-state index in [1.807, 2.05) is 39.8 Å². The van der Waals surface area contributed by atoms with Gasteiger partial charge in [0.1, 0.15) is 0 Å². The van der Waals surface area contributed by atoms with Crippen LogP contribution in [0.2, 0.25) is 0 Å². The second-order valence-corrected chi connectivity index (χ2v) is 8.41. The number of carbonyl (C=O) groups is 1. The molecular formula is C21H24BF3N2O3. The Hall–Kier alpha value is -2.39. The molecule has 1 aliphatic heterocycles.